The summed E-state index contributed by atoms with van der Waals surface area (Å²) >= 11 is 1.67. The summed E-state index contributed by atoms with van der Waals surface area (Å²) in [6.07, 6.45) is 8.20. The molecule has 34 heavy (non-hydrogen) atoms. The summed E-state index contributed by atoms with van der Waals surface area (Å²) in [7, 11) is 0. The summed E-state index contributed by atoms with van der Waals surface area (Å²) in [4.78, 5) is 38.0. The van der Waals surface area contributed by atoms with Crippen molar-refractivity contribution in [2.45, 2.75) is 64.5 Å². The number of hydrogen-bond donors (Lipinski definition) is 2. The van der Waals surface area contributed by atoms with Gasteiger partial charge in [-0.3, -0.25) is 9.59 Å². The van der Waals surface area contributed by atoms with Gasteiger partial charge in [0.25, 0.3) is 0 Å². The minimum atomic E-state index is -0.733. The molecular weight excluding hydrogens is 452 g/mol. The first-order valence-electron chi connectivity index (χ1n) is 11.7. The molecule has 2 N–H and O–H groups in total. The number of thiazole rings is 1. The van der Waals surface area contributed by atoms with Crippen molar-refractivity contribution in [2.75, 3.05) is 13.1 Å². The van der Waals surface area contributed by atoms with E-state index in [4.69, 9.17) is 4.42 Å². The molecule has 1 saturated heterocycles. The molecule has 2 aromatic heterocycles. The second-order valence-corrected chi connectivity index (χ2v) is 10.3. The van der Waals surface area contributed by atoms with Gasteiger partial charge in [-0.05, 0) is 24.8 Å². The predicted molar refractivity (Wildman–Crippen MR) is 129 cm³/mol. The number of carbonyl (C=O) groups is 2. The van der Waals surface area contributed by atoms with Crippen molar-refractivity contribution in [3.8, 4) is 0 Å². The van der Waals surface area contributed by atoms with Gasteiger partial charge in [0.1, 0.15) is 12.3 Å². The van der Waals surface area contributed by atoms with Crippen molar-refractivity contribution < 1.29 is 19.1 Å². The summed E-state index contributed by atoms with van der Waals surface area (Å²) in [6.45, 7) is 8.16. The first-order valence-corrected chi connectivity index (χ1v) is 12.6. The van der Waals surface area contributed by atoms with E-state index in [1.54, 1.807) is 18.3 Å². The fraction of sp³-hybridized carbons (Fsp3) is 0.520. The molecule has 4 atom stereocenters. The molecule has 4 rings (SSSR count). The van der Waals surface area contributed by atoms with Crippen molar-refractivity contribution in [1.29, 1.82) is 0 Å². The highest BCUT2D eigenvalue weighted by Gasteiger charge is 2.42. The van der Waals surface area contributed by atoms with Crippen molar-refractivity contribution in [1.82, 2.24) is 20.2 Å². The van der Waals surface area contributed by atoms with E-state index in [2.05, 4.69) is 27.4 Å². The Bertz CT molecular complexity index is 1100. The topological polar surface area (TPSA) is 109 Å². The number of oxazole rings is 1. The number of nitrogens with one attached hydrogen (secondary N) is 1. The third kappa shape index (κ3) is 5.15. The number of aryl methyl sites for hydroxylation is 2. The summed E-state index contributed by atoms with van der Waals surface area (Å²) in [5.41, 5.74) is 4.52. The Balaban J connectivity index is 1.39. The number of aromatic nitrogens is 2. The summed E-state index contributed by atoms with van der Waals surface area (Å²) in [5, 5.41) is 13.3. The lowest BCUT2D eigenvalue weighted by molar-refractivity contribution is -0.140. The Morgan fingerprint density at radius 1 is 1.35 bits per heavy atom. The SMILES string of the molecule is Cc1nc([C@H](C(=O)N2C[C@H](O)C[C@H]2C(=O)NCC2=CCC(c3scnc3C)C=C2)C(C)C)co1. The van der Waals surface area contributed by atoms with Crippen LogP contribution < -0.4 is 5.32 Å². The van der Waals surface area contributed by atoms with Crippen LogP contribution in [0.1, 0.15) is 60.7 Å². The van der Waals surface area contributed by atoms with Crippen LogP contribution in [0.4, 0.5) is 0 Å². The van der Waals surface area contributed by atoms with E-state index in [0.717, 1.165) is 17.7 Å². The van der Waals surface area contributed by atoms with Crippen LogP contribution in [0.25, 0.3) is 0 Å². The molecule has 0 saturated carbocycles. The maximum atomic E-state index is 13.5. The van der Waals surface area contributed by atoms with E-state index >= 15 is 0 Å². The average Bonchev–Trinajstić information content (AvgIpc) is 3.52. The van der Waals surface area contributed by atoms with Crippen LogP contribution in [0.15, 0.2) is 40.0 Å². The van der Waals surface area contributed by atoms with Gasteiger partial charge >= 0.3 is 0 Å². The summed E-state index contributed by atoms with van der Waals surface area (Å²) in [5.74, 6) is -0.220. The first-order chi connectivity index (χ1) is 16.2. The van der Waals surface area contributed by atoms with Crippen molar-refractivity contribution in [3.63, 3.8) is 0 Å². The number of rotatable bonds is 7. The monoisotopic (exact) mass is 484 g/mol. The van der Waals surface area contributed by atoms with Crippen LogP contribution in [0.3, 0.4) is 0 Å². The Labute approximate surface area is 203 Å². The van der Waals surface area contributed by atoms with Gasteiger partial charge in [-0.25, -0.2) is 9.97 Å². The highest BCUT2D eigenvalue weighted by Crippen LogP contribution is 2.32. The molecule has 1 aliphatic carbocycles. The van der Waals surface area contributed by atoms with Gasteiger partial charge in [0.05, 0.1) is 28.9 Å². The molecule has 1 fully saturated rings. The zero-order valence-electron chi connectivity index (χ0n) is 20.0. The van der Waals surface area contributed by atoms with E-state index in [0.29, 0.717) is 24.0 Å². The van der Waals surface area contributed by atoms with Gasteiger partial charge in [0, 0.05) is 37.2 Å². The molecule has 2 amide bonds. The van der Waals surface area contributed by atoms with E-state index in [-0.39, 0.29) is 30.7 Å². The van der Waals surface area contributed by atoms with Crippen molar-refractivity contribution in [2.24, 2.45) is 5.92 Å². The molecule has 0 radical (unpaired) electrons. The minimum absolute atomic E-state index is 0.0360. The van der Waals surface area contributed by atoms with Crippen molar-refractivity contribution >= 4 is 23.2 Å². The number of nitrogens with zero attached hydrogens (tertiary/aromatic N) is 3. The van der Waals surface area contributed by atoms with E-state index in [9.17, 15) is 14.7 Å². The number of aliphatic hydroxyl groups is 1. The predicted octanol–water partition coefficient (Wildman–Crippen LogP) is 3.24. The van der Waals surface area contributed by atoms with E-state index in [1.165, 1.54) is 16.0 Å². The number of aliphatic hydroxyl groups excluding tert-OH is 1. The second kappa shape index (κ2) is 10.2. The van der Waals surface area contributed by atoms with Gasteiger partial charge in [-0.1, -0.05) is 32.1 Å². The summed E-state index contributed by atoms with van der Waals surface area (Å²) in [6, 6.07) is -0.711. The molecule has 3 heterocycles. The molecule has 8 nitrogen and oxygen atoms in total. The van der Waals surface area contributed by atoms with Gasteiger partial charge in [-0.15, -0.1) is 11.3 Å². The molecule has 1 unspecified atom stereocenters. The number of likely N-dealkylation sites (tertiary alicyclic amines) is 1. The maximum absolute atomic E-state index is 13.5. The van der Waals surface area contributed by atoms with Crippen LogP contribution in [-0.2, 0) is 9.59 Å². The van der Waals surface area contributed by atoms with Crippen LogP contribution in [-0.4, -0.2) is 57.0 Å². The number of β-amino-alcohol motifs (C(OH)–C–C–N with tert-alkyl or cyclic N) is 1. The number of amides is 2. The second-order valence-electron chi connectivity index (χ2n) is 9.41. The normalized spacial score (nSPS) is 23.3. The largest absolute Gasteiger partial charge is 0.449 e. The Morgan fingerprint density at radius 3 is 2.74 bits per heavy atom. The zero-order valence-corrected chi connectivity index (χ0v) is 20.8. The third-order valence-corrected chi connectivity index (χ3v) is 7.58. The average molecular weight is 485 g/mol. The zero-order chi connectivity index (χ0) is 24.4. The fourth-order valence-corrected chi connectivity index (χ4v) is 5.62. The fourth-order valence-electron chi connectivity index (χ4n) is 4.72. The number of allylic oxidation sites excluding steroid dienone is 2. The molecule has 0 bridgehead atoms. The molecule has 2 aliphatic rings. The lowest BCUT2D eigenvalue weighted by Crippen LogP contribution is -2.48. The number of hydrogen-bond acceptors (Lipinski definition) is 7. The maximum Gasteiger partial charge on any atom is 0.243 e. The highest BCUT2D eigenvalue weighted by molar-refractivity contribution is 7.09. The smallest absolute Gasteiger partial charge is 0.243 e. The van der Waals surface area contributed by atoms with Crippen LogP contribution >= 0.6 is 11.3 Å². The Kier molecular flexibility index (Phi) is 7.33. The minimum Gasteiger partial charge on any atom is -0.449 e. The molecule has 1 aliphatic heterocycles. The van der Waals surface area contributed by atoms with E-state index < -0.39 is 18.1 Å². The molecule has 182 valence electrons. The molecular formula is C25H32N4O4S. The molecule has 0 spiro atoms. The molecule has 0 aromatic carbocycles. The number of carbonyl (C=O) groups excluding carboxylic acids is 2. The standard InChI is InChI=1S/C25H32N4O4S/c1-14(2)22(20-12-33-16(4)28-20)25(32)29-11-19(30)9-21(29)24(31)26-10-17-5-7-18(8-6-17)23-15(3)27-13-34-23/h5-7,12-14,18-19,21-22,30H,8-11H2,1-4H3,(H,26,31)/t18?,19-,21+,22-/m1/s1. The van der Waals surface area contributed by atoms with Crippen LogP contribution in [0.2, 0.25) is 0 Å². The molecule has 9 heteroatoms. The van der Waals surface area contributed by atoms with Gasteiger partial charge < -0.3 is 19.7 Å². The van der Waals surface area contributed by atoms with Gasteiger partial charge in [-0.2, -0.15) is 0 Å². The van der Waals surface area contributed by atoms with Crippen LogP contribution in [0.5, 0.6) is 0 Å². The highest BCUT2D eigenvalue weighted by atomic mass is 32.1. The first kappa shape index (κ1) is 24.3. The lowest BCUT2D eigenvalue weighted by Gasteiger charge is -2.29. The lowest BCUT2D eigenvalue weighted by atomic mass is 9.91. The van der Waals surface area contributed by atoms with Crippen molar-refractivity contribution in [3.05, 3.63) is 57.7 Å². The van der Waals surface area contributed by atoms with Gasteiger partial charge in [0.15, 0.2) is 5.89 Å². The Hall–Kier alpha value is -2.78. The van der Waals surface area contributed by atoms with Gasteiger partial charge in [0.2, 0.25) is 11.8 Å². The molecule has 2 aromatic rings. The third-order valence-electron chi connectivity index (χ3n) is 6.52. The quantitative estimate of drug-likeness (QED) is 0.625. The van der Waals surface area contributed by atoms with E-state index in [1.807, 2.05) is 32.4 Å². The summed E-state index contributed by atoms with van der Waals surface area (Å²) < 4.78 is 5.32. The Morgan fingerprint density at radius 2 is 2.15 bits per heavy atom. The van der Waals surface area contributed by atoms with Crippen LogP contribution in [0, 0.1) is 19.8 Å².